The third kappa shape index (κ3) is 3.93. The normalized spacial score (nSPS) is 22.8. The highest BCUT2D eigenvalue weighted by atomic mass is 35.7. The van der Waals surface area contributed by atoms with Crippen molar-refractivity contribution in [1.82, 2.24) is 5.32 Å². The first-order valence-electron chi connectivity index (χ1n) is 6.36. The van der Waals surface area contributed by atoms with E-state index in [4.69, 9.17) is 15.4 Å². The SMILES string of the molecule is CC1(NC(=O)c2ccc(S(=O)(=O)Cl)cc2F)CCCOC1. The Kier molecular flexibility index (Phi) is 4.55. The molecule has 0 saturated carbocycles. The number of ether oxygens (including phenoxy) is 1. The third-order valence-electron chi connectivity index (χ3n) is 3.32. The van der Waals surface area contributed by atoms with Crippen molar-refractivity contribution in [3.63, 3.8) is 0 Å². The summed E-state index contributed by atoms with van der Waals surface area (Å²) in [4.78, 5) is 11.7. The second-order valence-electron chi connectivity index (χ2n) is 5.25. The van der Waals surface area contributed by atoms with Crippen molar-refractivity contribution < 1.29 is 22.3 Å². The van der Waals surface area contributed by atoms with Gasteiger partial charge in [-0.15, -0.1) is 0 Å². The monoisotopic (exact) mass is 335 g/mol. The average Bonchev–Trinajstić information content (AvgIpc) is 2.37. The highest BCUT2D eigenvalue weighted by Gasteiger charge is 2.30. The van der Waals surface area contributed by atoms with Crippen molar-refractivity contribution >= 4 is 25.6 Å². The molecule has 116 valence electrons. The lowest BCUT2D eigenvalue weighted by atomic mass is 9.94. The second kappa shape index (κ2) is 5.90. The molecule has 1 unspecified atom stereocenters. The van der Waals surface area contributed by atoms with Gasteiger partial charge in [0.2, 0.25) is 0 Å². The molecule has 0 aliphatic carbocycles. The molecule has 8 heteroatoms. The maximum atomic E-state index is 13.9. The topological polar surface area (TPSA) is 72.5 Å². The third-order valence-corrected chi connectivity index (χ3v) is 4.67. The molecule has 1 atom stereocenters. The number of nitrogens with one attached hydrogen (secondary N) is 1. The number of carbonyl (C=O) groups is 1. The van der Waals surface area contributed by atoms with Crippen molar-refractivity contribution in [2.24, 2.45) is 0 Å². The van der Waals surface area contributed by atoms with Gasteiger partial charge in [-0.05, 0) is 38.0 Å². The van der Waals surface area contributed by atoms with E-state index < -0.39 is 26.3 Å². The Morgan fingerprint density at radius 2 is 2.19 bits per heavy atom. The molecule has 1 N–H and O–H groups in total. The summed E-state index contributed by atoms with van der Waals surface area (Å²) in [6, 6.07) is 2.93. The summed E-state index contributed by atoms with van der Waals surface area (Å²) in [7, 11) is 1.10. The van der Waals surface area contributed by atoms with E-state index in [2.05, 4.69) is 5.32 Å². The van der Waals surface area contributed by atoms with Crippen molar-refractivity contribution in [3.8, 4) is 0 Å². The molecule has 1 aromatic rings. The van der Waals surface area contributed by atoms with Crippen LogP contribution in [0.15, 0.2) is 23.1 Å². The molecule has 1 saturated heterocycles. The minimum Gasteiger partial charge on any atom is -0.379 e. The molecule has 1 aliphatic heterocycles. The van der Waals surface area contributed by atoms with Crippen LogP contribution in [0.2, 0.25) is 0 Å². The molecule has 5 nitrogen and oxygen atoms in total. The predicted molar refractivity (Wildman–Crippen MR) is 75.4 cm³/mol. The van der Waals surface area contributed by atoms with Crippen LogP contribution in [0.5, 0.6) is 0 Å². The van der Waals surface area contributed by atoms with Crippen LogP contribution in [0.4, 0.5) is 4.39 Å². The van der Waals surface area contributed by atoms with Crippen LogP contribution in [0.3, 0.4) is 0 Å². The summed E-state index contributed by atoms with van der Waals surface area (Å²) < 4.78 is 41.4. The number of halogens is 2. The van der Waals surface area contributed by atoms with Gasteiger partial charge >= 0.3 is 0 Å². The zero-order valence-electron chi connectivity index (χ0n) is 11.4. The summed E-state index contributed by atoms with van der Waals surface area (Å²) in [5, 5.41) is 2.72. The average molecular weight is 336 g/mol. The van der Waals surface area contributed by atoms with Crippen LogP contribution in [-0.2, 0) is 13.8 Å². The Bertz CT molecular complexity index is 656. The fourth-order valence-electron chi connectivity index (χ4n) is 2.21. The molecule has 0 aromatic heterocycles. The molecule has 1 fully saturated rings. The number of carbonyl (C=O) groups excluding carboxylic acids is 1. The van der Waals surface area contributed by atoms with E-state index in [9.17, 15) is 17.6 Å². The smallest absolute Gasteiger partial charge is 0.261 e. The van der Waals surface area contributed by atoms with Crippen molar-refractivity contribution in [2.45, 2.75) is 30.2 Å². The standard InChI is InChI=1S/C13H15ClFNO4S/c1-13(5-2-6-20-8-13)16-12(17)10-4-3-9(7-11(10)15)21(14,18)19/h3-4,7H,2,5-6,8H2,1H3,(H,16,17). The van der Waals surface area contributed by atoms with E-state index in [1.807, 2.05) is 6.92 Å². The molecule has 1 aliphatic rings. The molecular weight excluding hydrogens is 321 g/mol. The van der Waals surface area contributed by atoms with Crippen molar-refractivity contribution in [1.29, 1.82) is 0 Å². The number of amides is 1. The van der Waals surface area contributed by atoms with Crippen molar-refractivity contribution in [2.75, 3.05) is 13.2 Å². The minimum absolute atomic E-state index is 0.231. The van der Waals surface area contributed by atoms with Crippen molar-refractivity contribution in [3.05, 3.63) is 29.6 Å². The molecule has 21 heavy (non-hydrogen) atoms. The van der Waals surface area contributed by atoms with Crippen LogP contribution < -0.4 is 5.32 Å². The zero-order chi connectivity index (χ0) is 15.7. The lowest BCUT2D eigenvalue weighted by Gasteiger charge is -2.34. The lowest BCUT2D eigenvalue weighted by molar-refractivity contribution is 0.0271. The van der Waals surface area contributed by atoms with Crippen LogP contribution in [0.1, 0.15) is 30.1 Å². The van der Waals surface area contributed by atoms with Crippen LogP contribution >= 0.6 is 10.7 Å². The molecule has 1 amide bonds. The summed E-state index contributed by atoms with van der Waals surface area (Å²) in [5.74, 6) is -1.55. The Morgan fingerprint density at radius 1 is 1.48 bits per heavy atom. The van der Waals surface area contributed by atoms with Gasteiger partial charge in [-0.1, -0.05) is 0 Å². The first-order valence-corrected chi connectivity index (χ1v) is 8.67. The fourth-order valence-corrected chi connectivity index (χ4v) is 2.97. The summed E-state index contributed by atoms with van der Waals surface area (Å²) in [5.41, 5.74) is -0.787. The number of rotatable bonds is 3. The van der Waals surface area contributed by atoms with Gasteiger partial charge in [-0.2, -0.15) is 0 Å². The summed E-state index contributed by atoms with van der Waals surface area (Å²) >= 11 is 0. The molecule has 0 spiro atoms. The quantitative estimate of drug-likeness (QED) is 0.858. The van der Waals surface area contributed by atoms with Gasteiger partial charge in [-0.3, -0.25) is 4.79 Å². The molecule has 0 bridgehead atoms. The first kappa shape index (κ1) is 16.2. The number of benzene rings is 1. The van der Waals surface area contributed by atoms with Gasteiger partial charge in [0, 0.05) is 17.3 Å². The lowest BCUT2D eigenvalue weighted by Crippen LogP contribution is -2.51. The van der Waals surface area contributed by atoms with E-state index in [0.29, 0.717) is 13.2 Å². The largest absolute Gasteiger partial charge is 0.379 e. The highest BCUT2D eigenvalue weighted by molar-refractivity contribution is 8.13. The van der Waals surface area contributed by atoms with Crippen LogP contribution in [0.25, 0.3) is 0 Å². The van der Waals surface area contributed by atoms with Crippen LogP contribution in [-0.4, -0.2) is 33.1 Å². The van der Waals surface area contributed by atoms with Gasteiger partial charge in [0.15, 0.2) is 0 Å². The minimum atomic E-state index is -4.03. The Labute approximate surface area is 126 Å². The van der Waals surface area contributed by atoms with Crippen LogP contribution in [0, 0.1) is 5.82 Å². The molecule has 1 aromatic carbocycles. The van der Waals surface area contributed by atoms with Gasteiger partial charge in [0.05, 0.1) is 22.6 Å². The van der Waals surface area contributed by atoms with E-state index in [1.165, 1.54) is 0 Å². The maximum absolute atomic E-state index is 13.9. The molecule has 0 radical (unpaired) electrons. The molecular formula is C13H15ClFNO4S. The first-order chi connectivity index (χ1) is 9.71. The molecule has 2 rings (SSSR count). The summed E-state index contributed by atoms with van der Waals surface area (Å²) in [6.45, 7) is 2.82. The summed E-state index contributed by atoms with van der Waals surface area (Å²) in [6.07, 6.45) is 1.54. The number of hydrogen-bond donors (Lipinski definition) is 1. The predicted octanol–water partition coefficient (Wildman–Crippen LogP) is 2.05. The van der Waals surface area contributed by atoms with E-state index in [0.717, 1.165) is 31.0 Å². The second-order valence-corrected chi connectivity index (χ2v) is 7.82. The fraction of sp³-hybridized carbons (Fsp3) is 0.462. The number of hydrogen-bond acceptors (Lipinski definition) is 4. The van der Waals surface area contributed by atoms with Gasteiger partial charge in [0.25, 0.3) is 15.0 Å². The highest BCUT2D eigenvalue weighted by Crippen LogP contribution is 2.21. The Balaban J connectivity index is 2.20. The zero-order valence-corrected chi connectivity index (χ0v) is 12.9. The maximum Gasteiger partial charge on any atom is 0.261 e. The van der Waals surface area contributed by atoms with E-state index in [-0.39, 0.29) is 10.5 Å². The Morgan fingerprint density at radius 3 is 2.71 bits per heavy atom. The Hall–Kier alpha value is -1.18. The van der Waals surface area contributed by atoms with Gasteiger partial charge in [0.1, 0.15) is 5.82 Å². The van der Waals surface area contributed by atoms with Gasteiger partial charge in [-0.25, -0.2) is 12.8 Å². The van der Waals surface area contributed by atoms with E-state index >= 15 is 0 Å². The molecule has 1 heterocycles. The van der Waals surface area contributed by atoms with Gasteiger partial charge < -0.3 is 10.1 Å². The van der Waals surface area contributed by atoms with E-state index in [1.54, 1.807) is 0 Å².